The molecule has 0 saturated heterocycles. The number of aliphatic hydroxyl groups excluding tert-OH is 1. The first-order valence-corrected chi connectivity index (χ1v) is 7.96. The Hall–Kier alpha value is -1.12. The molecule has 0 bridgehead atoms. The summed E-state index contributed by atoms with van der Waals surface area (Å²) in [5.74, 6) is 0.355. The van der Waals surface area contributed by atoms with Gasteiger partial charge in [0.05, 0.1) is 0 Å². The summed E-state index contributed by atoms with van der Waals surface area (Å²) in [6.45, 7) is 0.265. The lowest BCUT2D eigenvalue weighted by atomic mass is 9.94. The Labute approximate surface area is 129 Å². The van der Waals surface area contributed by atoms with E-state index in [-0.39, 0.29) is 6.61 Å². The molecule has 0 aliphatic heterocycles. The lowest BCUT2D eigenvalue weighted by Crippen LogP contribution is -2.10. The second kappa shape index (κ2) is 8.23. The van der Waals surface area contributed by atoms with Gasteiger partial charge in [0.25, 0.3) is 0 Å². The van der Waals surface area contributed by atoms with E-state index >= 15 is 0 Å². The highest BCUT2D eigenvalue weighted by Crippen LogP contribution is 2.18. The van der Waals surface area contributed by atoms with Crippen LogP contribution in [0.2, 0.25) is 0 Å². The first kappa shape index (κ1) is 15.3. The summed E-state index contributed by atoms with van der Waals surface area (Å²) in [6, 6.07) is 18.9. The van der Waals surface area contributed by atoms with E-state index in [1.54, 1.807) is 0 Å². The fourth-order valence-corrected chi connectivity index (χ4v) is 2.94. The Morgan fingerprint density at radius 3 is 2.40 bits per heavy atom. The SMILES string of the molecule is OCC(CCCc1ccccc1)Cc1cccc(Br)c1. The van der Waals surface area contributed by atoms with Gasteiger partial charge in [-0.25, -0.2) is 0 Å². The molecule has 0 aromatic heterocycles. The van der Waals surface area contributed by atoms with Crippen molar-refractivity contribution in [2.75, 3.05) is 6.61 Å². The molecule has 0 heterocycles. The number of hydrogen-bond acceptors (Lipinski definition) is 1. The average Bonchev–Trinajstić information content (AvgIpc) is 2.47. The molecule has 0 aliphatic carbocycles. The van der Waals surface area contributed by atoms with Crippen LogP contribution in [0.25, 0.3) is 0 Å². The van der Waals surface area contributed by atoms with Crippen molar-refractivity contribution < 1.29 is 5.11 Å². The minimum absolute atomic E-state index is 0.265. The number of hydrogen-bond donors (Lipinski definition) is 1. The summed E-state index contributed by atoms with van der Waals surface area (Å²) in [6.07, 6.45) is 4.24. The molecule has 0 aliphatic rings. The third-order valence-corrected chi connectivity index (χ3v) is 4.09. The maximum Gasteiger partial charge on any atom is 0.0462 e. The van der Waals surface area contributed by atoms with Crippen LogP contribution in [-0.4, -0.2) is 11.7 Å². The molecule has 0 radical (unpaired) electrons. The van der Waals surface area contributed by atoms with Crippen molar-refractivity contribution in [2.24, 2.45) is 5.92 Å². The highest BCUT2D eigenvalue weighted by molar-refractivity contribution is 9.10. The van der Waals surface area contributed by atoms with Crippen LogP contribution in [0.1, 0.15) is 24.0 Å². The van der Waals surface area contributed by atoms with E-state index in [4.69, 9.17) is 0 Å². The zero-order valence-corrected chi connectivity index (χ0v) is 13.2. The monoisotopic (exact) mass is 332 g/mol. The zero-order valence-electron chi connectivity index (χ0n) is 11.6. The standard InChI is InChI=1S/C18H21BrO/c19-18-11-5-9-16(13-18)12-17(14-20)10-4-8-15-6-2-1-3-7-15/h1-3,5-7,9,11,13,17,20H,4,8,10,12,14H2. The Morgan fingerprint density at radius 2 is 1.70 bits per heavy atom. The van der Waals surface area contributed by atoms with Gasteiger partial charge in [0.2, 0.25) is 0 Å². The minimum atomic E-state index is 0.265. The lowest BCUT2D eigenvalue weighted by Gasteiger charge is -2.14. The molecule has 2 aromatic rings. The van der Waals surface area contributed by atoms with Crippen LogP contribution < -0.4 is 0 Å². The van der Waals surface area contributed by atoms with Crippen molar-refractivity contribution >= 4 is 15.9 Å². The van der Waals surface area contributed by atoms with Crippen molar-refractivity contribution in [1.29, 1.82) is 0 Å². The van der Waals surface area contributed by atoms with Crippen molar-refractivity contribution in [3.8, 4) is 0 Å². The van der Waals surface area contributed by atoms with Gasteiger partial charge in [-0.3, -0.25) is 0 Å². The van der Waals surface area contributed by atoms with Crippen LogP contribution >= 0.6 is 15.9 Å². The van der Waals surface area contributed by atoms with E-state index < -0.39 is 0 Å². The minimum Gasteiger partial charge on any atom is -0.396 e. The largest absolute Gasteiger partial charge is 0.396 e. The molecule has 20 heavy (non-hydrogen) atoms. The van der Waals surface area contributed by atoms with Crippen molar-refractivity contribution in [2.45, 2.75) is 25.7 Å². The third-order valence-electron chi connectivity index (χ3n) is 3.59. The van der Waals surface area contributed by atoms with Gasteiger partial charge in [0.15, 0.2) is 0 Å². The molecule has 2 heteroatoms. The lowest BCUT2D eigenvalue weighted by molar-refractivity contribution is 0.216. The molecule has 1 nitrogen and oxygen atoms in total. The van der Waals surface area contributed by atoms with Crippen LogP contribution in [0.15, 0.2) is 59.1 Å². The Morgan fingerprint density at radius 1 is 0.950 bits per heavy atom. The Bertz CT molecular complexity index is 510. The molecular formula is C18H21BrO. The van der Waals surface area contributed by atoms with Crippen molar-refractivity contribution in [1.82, 2.24) is 0 Å². The summed E-state index contributed by atoms with van der Waals surface area (Å²) in [5, 5.41) is 9.54. The molecule has 2 rings (SSSR count). The smallest absolute Gasteiger partial charge is 0.0462 e. The van der Waals surface area contributed by atoms with Gasteiger partial charge in [-0.05, 0) is 54.9 Å². The molecule has 0 saturated carbocycles. The van der Waals surface area contributed by atoms with Gasteiger partial charge in [0, 0.05) is 11.1 Å². The summed E-state index contributed by atoms with van der Waals surface area (Å²) in [4.78, 5) is 0. The first-order valence-electron chi connectivity index (χ1n) is 7.17. The molecule has 2 aromatic carbocycles. The number of aliphatic hydroxyl groups is 1. The number of rotatable bonds is 7. The predicted molar refractivity (Wildman–Crippen MR) is 87.8 cm³/mol. The van der Waals surface area contributed by atoms with Gasteiger partial charge in [-0.1, -0.05) is 58.4 Å². The molecule has 1 N–H and O–H groups in total. The van der Waals surface area contributed by atoms with Crippen LogP contribution in [-0.2, 0) is 12.8 Å². The van der Waals surface area contributed by atoms with E-state index in [2.05, 4.69) is 58.4 Å². The maximum atomic E-state index is 9.54. The quantitative estimate of drug-likeness (QED) is 0.784. The fourth-order valence-electron chi connectivity index (χ4n) is 2.49. The summed E-state index contributed by atoms with van der Waals surface area (Å²) in [5.41, 5.74) is 2.67. The first-order chi connectivity index (χ1) is 9.78. The number of aryl methyl sites for hydroxylation is 1. The van der Waals surface area contributed by atoms with E-state index in [0.717, 1.165) is 30.2 Å². The molecule has 1 unspecified atom stereocenters. The van der Waals surface area contributed by atoms with Gasteiger partial charge < -0.3 is 5.11 Å². The summed E-state index contributed by atoms with van der Waals surface area (Å²) in [7, 11) is 0. The van der Waals surface area contributed by atoms with Gasteiger partial charge >= 0.3 is 0 Å². The van der Waals surface area contributed by atoms with E-state index in [1.165, 1.54) is 11.1 Å². The molecule has 0 spiro atoms. The van der Waals surface area contributed by atoms with E-state index in [1.807, 2.05) is 12.1 Å². The maximum absolute atomic E-state index is 9.54. The van der Waals surface area contributed by atoms with Crippen LogP contribution in [0, 0.1) is 5.92 Å². The topological polar surface area (TPSA) is 20.2 Å². The molecular weight excluding hydrogens is 312 g/mol. The number of benzene rings is 2. The highest BCUT2D eigenvalue weighted by atomic mass is 79.9. The fraction of sp³-hybridized carbons (Fsp3) is 0.333. The molecule has 0 amide bonds. The van der Waals surface area contributed by atoms with Crippen molar-refractivity contribution in [3.05, 3.63) is 70.2 Å². The number of halogens is 1. The average molecular weight is 333 g/mol. The second-order valence-corrected chi connectivity index (χ2v) is 6.18. The Kier molecular flexibility index (Phi) is 6.28. The summed E-state index contributed by atoms with van der Waals surface area (Å²) < 4.78 is 1.11. The Balaban J connectivity index is 1.80. The van der Waals surface area contributed by atoms with Crippen LogP contribution in [0.4, 0.5) is 0 Å². The molecule has 0 fully saturated rings. The van der Waals surface area contributed by atoms with E-state index in [0.29, 0.717) is 5.92 Å². The van der Waals surface area contributed by atoms with Crippen LogP contribution in [0.3, 0.4) is 0 Å². The summed E-state index contributed by atoms with van der Waals surface area (Å²) >= 11 is 3.49. The van der Waals surface area contributed by atoms with E-state index in [9.17, 15) is 5.11 Å². The highest BCUT2D eigenvalue weighted by Gasteiger charge is 2.09. The molecule has 106 valence electrons. The van der Waals surface area contributed by atoms with Gasteiger partial charge in [0.1, 0.15) is 0 Å². The third kappa shape index (κ3) is 5.10. The van der Waals surface area contributed by atoms with Crippen LogP contribution in [0.5, 0.6) is 0 Å². The van der Waals surface area contributed by atoms with Gasteiger partial charge in [-0.15, -0.1) is 0 Å². The normalized spacial score (nSPS) is 12.3. The zero-order chi connectivity index (χ0) is 14.2. The van der Waals surface area contributed by atoms with Crippen molar-refractivity contribution in [3.63, 3.8) is 0 Å². The molecule has 1 atom stereocenters. The van der Waals surface area contributed by atoms with Gasteiger partial charge in [-0.2, -0.15) is 0 Å². The second-order valence-electron chi connectivity index (χ2n) is 5.26. The predicted octanol–water partition coefficient (Wildman–Crippen LogP) is 4.62.